The first-order valence-electron chi connectivity index (χ1n) is 4.23. The quantitative estimate of drug-likeness (QED) is 0.617. The summed E-state index contributed by atoms with van der Waals surface area (Å²) in [6.45, 7) is 2.40. The Hall–Kier alpha value is -1.09. The smallest absolute Gasteiger partial charge is 0.302 e. The van der Waals surface area contributed by atoms with Crippen LogP contribution in [0, 0.1) is 0 Å². The average Bonchev–Trinajstić information content (AvgIpc) is 2.49. The van der Waals surface area contributed by atoms with E-state index in [1.165, 1.54) is 6.92 Å². The molecule has 0 aromatic carbocycles. The fraction of sp³-hybridized carbons (Fsp3) is 0.500. The van der Waals surface area contributed by atoms with Crippen LogP contribution in [0.4, 0.5) is 0 Å². The highest BCUT2D eigenvalue weighted by molar-refractivity contribution is 5.66. The number of ether oxygens (including phenoxy) is 2. The molecule has 1 aliphatic carbocycles. The van der Waals surface area contributed by atoms with Crippen molar-refractivity contribution in [1.29, 1.82) is 0 Å². The van der Waals surface area contributed by atoms with Crippen LogP contribution in [0.15, 0.2) is 23.3 Å². The molecule has 0 amide bonds. The maximum Gasteiger partial charge on any atom is 0.302 e. The number of carbonyl (C=O) groups excluding carboxylic acids is 1. The maximum atomic E-state index is 10.6. The Bertz CT molecular complexity index is 251. The SMILES string of the molecule is COCC1=C(COC(C)=O)CC=C1. The normalized spacial score (nSPS) is 15.2. The summed E-state index contributed by atoms with van der Waals surface area (Å²) in [6, 6.07) is 0. The Labute approximate surface area is 78.0 Å². The van der Waals surface area contributed by atoms with Crippen LogP contribution in [-0.4, -0.2) is 26.3 Å². The van der Waals surface area contributed by atoms with Crippen LogP contribution >= 0.6 is 0 Å². The summed E-state index contributed by atoms with van der Waals surface area (Å²) < 4.78 is 9.92. The minimum absolute atomic E-state index is 0.240. The van der Waals surface area contributed by atoms with E-state index in [1.807, 2.05) is 12.2 Å². The molecule has 0 heterocycles. The zero-order valence-corrected chi connectivity index (χ0v) is 8.00. The highest BCUT2D eigenvalue weighted by atomic mass is 16.5. The van der Waals surface area contributed by atoms with Gasteiger partial charge in [-0.3, -0.25) is 4.79 Å². The molecule has 0 aromatic heterocycles. The number of carbonyl (C=O) groups is 1. The van der Waals surface area contributed by atoms with E-state index in [0.717, 1.165) is 17.6 Å². The first-order chi connectivity index (χ1) is 6.24. The molecule has 0 saturated heterocycles. The van der Waals surface area contributed by atoms with Crippen LogP contribution in [0.3, 0.4) is 0 Å². The molecule has 72 valence electrons. The lowest BCUT2D eigenvalue weighted by molar-refractivity contribution is -0.140. The van der Waals surface area contributed by atoms with Gasteiger partial charge < -0.3 is 9.47 Å². The number of hydrogen-bond donors (Lipinski definition) is 0. The first kappa shape index (κ1) is 9.99. The van der Waals surface area contributed by atoms with Gasteiger partial charge in [0, 0.05) is 14.0 Å². The van der Waals surface area contributed by atoms with Gasteiger partial charge in [-0.2, -0.15) is 0 Å². The van der Waals surface area contributed by atoms with Crippen molar-refractivity contribution >= 4 is 5.97 Å². The minimum atomic E-state index is -0.240. The van der Waals surface area contributed by atoms with Gasteiger partial charge >= 0.3 is 5.97 Å². The standard InChI is InChI=1S/C10H14O3/c1-8(11)13-7-10-5-3-4-9(10)6-12-2/h3-4H,5-7H2,1-2H3. The number of rotatable bonds is 4. The lowest BCUT2D eigenvalue weighted by Crippen LogP contribution is -2.05. The predicted octanol–water partition coefficient (Wildman–Crippen LogP) is 1.45. The lowest BCUT2D eigenvalue weighted by atomic mass is 10.2. The van der Waals surface area contributed by atoms with Gasteiger partial charge in [0.2, 0.25) is 0 Å². The third-order valence-electron chi connectivity index (χ3n) is 1.89. The van der Waals surface area contributed by atoms with Crippen molar-refractivity contribution in [1.82, 2.24) is 0 Å². The Morgan fingerprint density at radius 1 is 1.54 bits per heavy atom. The molecule has 0 unspecified atom stereocenters. The van der Waals surface area contributed by atoms with Gasteiger partial charge in [0.15, 0.2) is 0 Å². The number of hydrogen-bond acceptors (Lipinski definition) is 3. The molecule has 1 rings (SSSR count). The predicted molar refractivity (Wildman–Crippen MR) is 49.3 cm³/mol. The molecule has 0 saturated carbocycles. The van der Waals surface area contributed by atoms with Crippen molar-refractivity contribution in [2.24, 2.45) is 0 Å². The molecule has 0 spiro atoms. The Kier molecular flexibility index (Phi) is 3.71. The monoisotopic (exact) mass is 182 g/mol. The van der Waals surface area contributed by atoms with Crippen LogP contribution in [-0.2, 0) is 14.3 Å². The Balaban J connectivity index is 2.47. The summed E-state index contributed by atoms with van der Waals surface area (Å²) in [7, 11) is 1.66. The van der Waals surface area contributed by atoms with Crippen LogP contribution in [0.25, 0.3) is 0 Å². The summed E-state index contributed by atoms with van der Waals surface area (Å²) in [5.41, 5.74) is 2.26. The van der Waals surface area contributed by atoms with E-state index in [-0.39, 0.29) is 5.97 Å². The van der Waals surface area contributed by atoms with Crippen molar-refractivity contribution in [2.75, 3.05) is 20.3 Å². The fourth-order valence-electron chi connectivity index (χ4n) is 1.24. The number of allylic oxidation sites excluding steroid dienone is 1. The molecule has 0 bridgehead atoms. The molecule has 0 aromatic rings. The number of methoxy groups -OCH3 is 1. The van der Waals surface area contributed by atoms with E-state index < -0.39 is 0 Å². The van der Waals surface area contributed by atoms with Crippen molar-refractivity contribution in [3.63, 3.8) is 0 Å². The largest absolute Gasteiger partial charge is 0.461 e. The van der Waals surface area contributed by atoms with Crippen molar-refractivity contribution < 1.29 is 14.3 Å². The molecule has 0 atom stereocenters. The van der Waals surface area contributed by atoms with E-state index in [2.05, 4.69) is 0 Å². The highest BCUT2D eigenvalue weighted by Gasteiger charge is 2.09. The molecule has 0 N–H and O–H groups in total. The summed E-state index contributed by atoms with van der Waals surface area (Å²) in [6.07, 6.45) is 4.93. The summed E-state index contributed by atoms with van der Waals surface area (Å²) >= 11 is 0. The molecular weight excluding hydrogens is 168 g/mol. The Morgan fingerprint density at radius 2 is 2.31 bits per heavy atom. The zero-order chi connectivity index (χ0) is 9.68. The summed E-state index contributed by atoms with van der Waals surface area (Å²) in [5, 5.41) is 0. The van der Waals surface area contributed by atoms with Crippen LogP contribution in [0.1, 0.15) is 13.3 Å². The van der Waals surface area contributed by atoms with E-state index in [4.69, 9.17) is 9.47 Å². The van der Waals surface area contributed by atoms with E-state index in [0.29, 0.717) is 13.2 Å². The van der Waals surface area contributed by atoms with E-state index in [1.54, 1.807) is 7.11 Å². The van der Waals surface area contributed by atoms with Gasteiger partial charge in [-0.05, 0) is 17.6 Å². The van der Waals surface area contributed by atoms with E-state index in [9.17, 15) is 4.79 Å². The minimum Gasteiger partial charge on any atom is -0.461 e. The Morgan fingerprint density at radius 3 is 2.92 bits per heavy atom. The van der Waals surface area contributed by atoms with Crippen LogP contribution in [0.2, 0.25) is 0 Å². The van der Waals surface area contributed by atoms with Crippen molar-refractivity contribution in [3.8, 4) is 0 Å². The van der Waals surface area contributed by atoms with Gasteiger partial charge in [0.05, 0.1) is 6.61 Å². The maximum absolute atomic E-state index is 10.6. The first-order valence-corrected chi connectivity index (χ1v) is 4.23. The zero-order valence-electron chi connectivity index (χ0n) is 8.00. The van der Waals surface area contributed by atoms with Crippen LogP contribution in [0.5, 0.6) is 0 Å². The molecule has 0 radical (unpaired) electrons. The van der Waals surface area contributed by atoms with Crippen LogP contribution < -0.4 is 0 Å². The molecule has 3 nitrogen and oxygen atoms in total. The number of esters is 1. The fourth-order valence-corrected chi connectivity index (χ4v) is 1.24. The molecule has 13 heavy (non-hydrogen) atoms. The third-order valence-corrected chi connectivity index (χ3v) is 1.89. The molecular formula is C10H14O3. The third kappa shape index (κ3) is 3.03. The van der Waals surface area contributed by atoms with Gasteiger partial charge in [0.1, 0.15) is 6.61 Å². The van der Waals surface area contributed by atoms with Crippen molar-refractivity contribution in [3.05, 3.63) is 23.3 Å². The van der Waals surface area contributed by atoms with Crippen molar-refractivity contribution in [2.45, 2.75) is 13.3 Å². The second kappa shape index (κ2) is 4.82. The molecule has 1 aliphatic rings. The lowest BCUT2D eigenvalue weighted by Gasteiger charge is -2.06. The topological polar surface area (TPSA) is 35.5 Å². The van der Waals surface area contributed by atoms with Gasteiger partial charge in [-0.25, -0.2) is 0 Å². The summed E-state index contributed by atoms with van der Waals surface area (Å²) in [4.78, 5) is 10.6. The van der Waals surface area contributed by atoms with Gasteiger partial charge in [0.25, 0.3) is 0 Å². The molecule has 0 aliphatic heterocycles. The van der Waals surface area contributed by atoms with Gasteiger partial charge in [-0.15, -0.1) is 0 Å². The summed E-state index contributed by atoms with van der Waals surface area (Å²) in [5.74, 6) is -0.240. The van der Waals surface area contributed by atoms with E-state index >= 15 is 0 Å². The molecule has 3 heteroatoms. The second-order valence-electron chi connectivity index (χ2n) is 2.95. The van der Waals surface area contributed by atoms with Gasteiger partial charge in [-0.1, -0.05) is 12.2 Å². The molecule has 0 fully saturated rings. The average molecular weight is 182 g/mol. The highest BCUT2D eigenvalue weighted by Crippen LogP contribution is 2.19. The second-order valence-corrected chi connectivity index (χ2v) is 2.95.